The van der Waals surface area contributed by atoms with Gasteiger partial charge in [0.25, 0.3) is 10.0 Å². The number of carbonyl (C=O) groups excluding carboxylic acids is 2. The molecule has 0 unspecified atom stereocenters. The summed E-state index contributed by atoms with van der Waals surface area (Å²) < 4.78 is 41.2. The summed E-state index contributed by atoms with van der Waals surface area (Å²) in [5, 5.41) is 6.99. The van der Waals surface area contributed by atoms with E-state index in [1.54, 1.807) is 25.1 Å². The van der Waals surface area contributed by atoms with E-state index in [1.165, 1.54) is 26.4 Å². The Hall–Kier alpha value is -3.86. The Morgan fingerprint density at radius 2 is 1.71 bits per heavy atom. The maximum Gasteiger partial charge on any atom is 0.265 e. The number of rotatable bonds is 6. The molecule has 1 aliphatic heterocycles. The molecule has 0 saturated heterocycles. The van der Waals surface area contributed by atoms with Crippen molar-refractivity contribution in [1.82, 2.24) is 9.78 Å². The third kappa shape index (κ3) is 4.21. The Bertz CT molecular complexity index is 1410. The van der Waals surface area contributed by atoms with E-state index in [9.17, 15) is 18.0 Å². The normalized spacial score (nSPS) is 13.6. The van der Waals surface area contributed by atoms with E-state index in [4.69, 9.17) is 9.47 Å². The minimum Gasteiger partial charge on any atom is -0.495 e. The number of amides is 1. The number of ether oxygens (including phenoxy) is 2. The number of carbonyl (C=O) groups is 2. The van der Waals surface area contributed by atoms with E-state index < -0.39 is 10.0 Å². The number of nitrogens with zero attached hydrogens (tertiary/aromatic N) is 2. The molecule has 4 rings (SSSR count). The zero-order valence-electron chi connectivity index (χ0n) is 19.1. The average molecular weight is 485 g/mol. The van der Waals surface area contributed by atoms with E-state index in [2.05, 4.69) is 15.1 Å². The molecule has 0 bridgehead atoms. The van der Waals surface area contributed by atoms with Gasteiger partial charge in [0.1, 0.15) is 22.2 Å². The first kappa shape index (κ1) is 23.3. The van der Waals surface area contributed by atoms with Crippen LogP contribution in [-0.2, 0) is 14.8 Å². The lowest BCUT2D eigenvalue weighted by Crippen LogP contribution is -2.15. The number of hydrogen-bond acceptors (Lipinski definition) is 7. The van der Waals surface area contributed by atoms with Crippen LogP contribution in [0.15, 0.2) is 41.3 Å². The van der Waals surface area contributed by atoms with Gasteiger partial charge < -0.3 is 14.8 Å². The first-order valence-electron chi connectivity index (χ1n) is 10.4. The molecule has 1 aliphatic rings. The molecule has 10 nitrogen and oxygen atoms in total. The van der Waals surface area contributed by atoms with E-state index in [0.29, 0.717) is 22.6 Å². The lowest BCUT2D eigenvalue weighted by atomic mass is 10.1. The molecule has 1 aromatic heterocycles. The predicted molar refractivity (Wildman–Crippen MR) is 126 cm³/mol. The number of nitrogens with one attached hydrogen (secondary N) is 2. The summed E-state index contributed by atoms with van der Waals surface area (Å²) in [6.45, 7) is 3.52. The van der Waals surface area contributed by atoms with Crippen LogP contribution in [0.2, 0.25) is 0 Å². The van der Waals surface area contributed by atoms with Gasteiger partial charge in [-0.2, -0.15) is 9.78 Å². The first-order chi connectivity index (χ1) is 16.1. The molecule has 2 aromatic carbocycles. The third-order valence-electron chi connectivity index (χ3n) is 5.46. The van der Waals surface area contributed by atoms with Crippen molar-refractivity contribution >= 4 is 33.3 Å². The van der Waals surface area contributed by atoms with Crippen molar-refractivity contribution < 1.29 is 27.5 Å². The van der Waals surface area contributed by atoms with Crippen molar-refractivity contribution in [1.29, 1.82) is 0 Å². The number of aryl methyl sites for hydroxylation is 2. The number of hydrogen-bond donors (Lipinski definition) is 2. The molecule has 0 spiro atoms. The molecule has 0 atom stereocenters. The van der Waals surface area contributed by atoms with Gasteiger partial charge in [-0.3, -0.25) is 14.3 Å². The SMILES string of the molecule is COc1ccc(C)cc1NS(=O)(=O)c1cc(-c2c(C)nn3c2NC(=O)CCC3=O)ccc1OC. The molecule has 11 heteroatoms. The predicted octanol–water partition coefficient (Wildman–Crippen LogP) is 3.36. The second kappa shape index (κ2) is 8.82. The Kier molecular flexibility index (Phi) is 6.05. The summed E-state index contributed by atoms with van der Waals surface area (Å²) in [4.78, 5) is 24.5. The highest BCUT2D eigenvalue weighted by molar-refractivity contribution is 7.92. The van der Waals surface area contributed by atoms with Crippen LogP contribution in [0.4, 0.5) is 11.5 Å². The van der Waals surface area contributed by atoms with Crippen molar-refractivity contribution in [2.75, 3.05) is 24.3 Å². The number of benzene rings is 2. The highest BCUT2D eigenvalue weighted by Crippen LogP contribution is 2.38. The fourth-order valence-electron chi connectivity index (χ4n) is 3.83. The summed E-state index contributed by atoms with van der Waals surface area (Å²) in [6.07, 6.45) is 0.0784. The zero-order valence-corrected chi connectivity index (χ0v) is 19.9. The smallest absolute Gasteiger partial charge is 0.265 e. The van der Waals surface area contributed by atoms with Crippen LogP contribution in [-0.4, -0.2) is 44.2 Å². The maximum atomic E-state index is 13.4. The fraction of sp³-hybridized carbons (Fsp3) is 0.261. The summed E-state index contributed by atoms with van der Waals surface area (Å²) in [7, 11) is -1.29. The lowest BCUT2D eigenvalue weighted by Gasteiger charge is -2.16. The van der Waals surface area contributed by atoms with Crippen LogP contribution in [0.1, 0.15) is 28.9 Å². The molecule has 0 radical (unpaired) electrons. The van der Waals surface area contributed by atoms with Gasteiger partial charge in [0, 0.05) is 18.4 Å². The van der Waals surface area contributed by atoms with Crippen LogP contribution < -0.4 is 19.5 Å². The lowest BCUT2D eigenvalue weighted by molar-refractivity contribution is -0.116. The Morgan fingerprint density at radius 1 is 1.00 bits per heavy atom. The van der Waals surface area contributed by atoms with Gasteiger partial charge >= 0.3 is 0 Å². The molecule has 0 saturated carbocycles. The van der Waals surface area contributed by atoms with Crippen LogP contribution in [0.25, 0.3) is 11.1 Å². The minimum atomic E-state index is -4.12. The van der Waals surface area contributed by atoms with E-state index >= 15 is 0 Å². The van der Waals surface area contributed by atoms with E-state index in [0.717, 1.165) is 10.2 Å². The minimum absolute atomic E-state index is 0.0316. The summed E-state index contributed by atoms with van der Waals surface area (Å²) in [6, 6.07) is 9.73. The van der Waals surface area contributed by atoms with Gasteiger partial charge in [0.2, 0.25) is 11.8 Å². The molecule has 2 heterocycles. The molecular formula is C23H24N4O6S. The number of aromatic nitrogens is 2. The van der Waals surface area contributed by atoms with Crippen molar-refractivity contribution in [2.45, 2.75) is 31.6 Å². The van der Waals surface area contributed by atoms with Crippen molar-refractivity contribution in [3.8, 4) is 22.6 Å². The highest BCUT2D eigenvalue weighted by Gasteiger charge is 2.28. The number of methoxy groups -OCH3 is 2. The van der Waals surface area contributed by atoms with Crippen LogP contribution in [0, 0.1) is 13.8 Å². The van der Waals surface area contributed by atoms with Crippen LogP contribution in [0.5, 0.6) is 11.5 Å². The number of sulfonamides is 1. The monoisotopic (exact) mass is 484 g/mol. The van der Waals surface area contributed by atoms with Crippen LogP contribution >= 0.6 is 0 Å². The van der Waals surface area contributed by atoms with E-state index in [1.807, 2.05) is 13.0 Å². The first-order valence-corrected chi connectivity index (χ1v) is 11.9. The van der Waals surface area contributed by atoms with Gasteiger partial charge in [-0.15, -0.1) is 0 Å². The maximum absolute atomic E-state index is 13.4. The standard InChI is InChI=1S/C23H24N4O6S/c1-13-5-7-17(32-3)16(11-13)26-34(30,31)19-12-15(6-8-18(19)33-4)22-14(2)25-27-21(29)10-9-20(28)24-23(22)27/h5-8,11-12,26H,9-10H2,1-4H3,(H,24,28). The third-order valence-corrected chi connectivity index (χ3v) is 6.85. The average Bonchev–Trinajstić information content (AvgIpc) is 3.05. The molecule has 2 N–H and O–H groups in total. The zero-order chi connectivity index (χ0) is 24.6. The molecule has 1 amide bonds. The second-order valence-corrected chi connectivity index (χ2v) is 9.49. The van der Waals surface area contributed by atoms with E-state index in [-0.39, 0.29) is 46.8 Å². The fourth-order valence-corrected chi connectivity index (χ4v) is 5.09. The summed E-state index contributed by atoms with van der Waals surface area (Å²) >= 11 is 0. The van der Waals surface area contributed by atoms with Gasteiger partial charge in [0.05, 0.1) is 25.6 Å². The van der Waals surface area contributed by atoms with Gasteiger partial charge in [-0.05, 0) is 49.2 Å². The molecule has 178 valence electrons. The summed E-state index contributed by atoms with van der Waals surface area (Å²) in [5.74, 6) is 0.0640. The quantitative estimate of drug-likeness (QED) is 0.549. The number of anilines is 2. The molecule has 0 fully saturated rings. The largest absolute Gasteiger partial charge is 0.495 e. The number of fused-ring (bicyclic) bond motifs is 1. The van der Waals surface area contributed by atoms with Crippen molar-refractivity contribution in [2.24, 2.45) is 0 Å². The van der Waals surface area contributed by atoms with Gasteiger partial charge in [-0.1, -0.05) is 12.1 Å². The van der Waals surface area contributed by atoms with Crippen LogP contribution in [0.3, 0.4) is 0 Å². The van der Waals surface area contributed by atoms with Gasteiger partial charge in [0.15, 0.2) is 0 Å². The Morgan fingerprint density at radius 3 is 2.41 bits per heavy atom. The van der Waals surface area contributed by atoms with Crippen molar-refractivity contribution in [3.05, 3.63) is 47.7 Å². The summed E-state index contributed by atoms with van der Waals surface area (Å²) in [5.41, 5.74) is 2.50. The van der Waals surface area contributed by atoms with Crippen molar-refractivity contribution in [3.63, 3.8) is 0 Å². The Balaban J connectivity index is 1.84. The molecule has 3 aromatic rings. The second-order valence-electron chi connectivity index (χ2n) is 7.84. The molecule has 34 heavy (non-hydrogen) atoms. The Labute approximate surface area is 196 Å². The molecular weight excluding hydrogens is 460 g/mol. The molecule has 0 aliphatic carbocycles. The highest BCUT2D eigenvalue weighted by atomic mass is 32.2. The topological polar surface area (TPSA) is 129 Å². The van der Waals surface area contributed by atoms with Gasteiger partial charge in [-0.25, -0.2) is 8.42 Å².